The molecular weight excluding hydrogens is 477 g/mol. The van der Waals surface area contributed by atoms with E-state index in [-0.39, 0.29) is 12.1 Å². The first-order chi connectivity index (χ1) is 17.7. The van der Waals surface area contributed by atoms with Gasteiger partial charge in [-0.1, -0.05) is 42.5 Å². The molecule has 8 heteroatoms. The second-order valence-electron chi connectivity index (χ2n) is 9.36. The zero-order chi connectivity index (χ0) is 26.2. The van der Waals surface area contributed by atoms with Gasteiger partial charge in [-0.25, -0.2) is 9.97 Å². The van der Waals surface area contributed by atoms with Crippen LogP contribution < -0.4 is 4.90 Å². The molecule has 5 nitrogen and oxygen atoms in total. The first kappa shape index (κ1) is 24.7. The Kier molecular flexibility index (Phi) is 6.58. The summed E-state index contributed by atoms with van der Waals surface area (Å²) in [5.41, 5.74) is 4.31. The molecule has 1 aliphatic heterocycles. The summed E-state index contributed by atoms with van der Waals surface area (Å²) in [4.78, 5) is 26.8. The van der Waals surface area contributed by atoms with Crippen LogP contribution in [0.5, 0.6) is 0 Å². The summed E-state index contributed by atoms with van der Waals surface area (Å²) in [7, 11) is 0. The number of rotatable bonds is 3. The summed E-state index contributed by atoms with van der Waals surface area (Å²) in [5.74, 6) is 0.112. The molecule has 0 bridgehead atoms. The average Bonchev–Trinajstić information content (AvgIpc) is 3.15. The van der Waals surface area contributed by atoms with Crippen LogP contribution in [0, 0.1) is 13.8 Å². The Morgan fingerprint density at radius 2 is 1.46 bits per heavy atom. The number of alkyl halides is 3. The van der Waals surface area contributed by atoms with Crippen molar-refractivity contribution in [3.05, 3.63) is 89.0 Å². The van der Waals surface area contributed by atoms with Crippen molar-refractivity contribution < 1.29 is 18.0 Å². The predicted octanol–water partition coefficient (Wildman–Crippen LogP) is 6.28. The van der Waals surface area contributed by atoms with Gasteiger partial charge in [-0.05, 0) is 55.7 Å². The zero-order valence-corrected chi connectivity index (χ0v) is 20.7. The fraction of sp³-hybridized carbons (Fsp3) is 0.276. The van der Waals surface area contributed by atoms with Crippen molar-refractivity contribution in [2.75, 3.05) is 31.1 Å². The predicted molar refractivity (Wildman–Crippen MR) is 139 cm³/mol. The number of carbonyl (C=O) groups is 1. The number of fused-ring (bicyclic) bond motifs is 1. The van der Waals surface area contributed by atoms with Gasteiger partial charge in [0, 0.05) is 31.7 Å². The van der Waals surface area contributed by atoms with Crippen LogP contribution in [0.1, 0.15) is 33.5 Å². The van der Waals surface area contributed by atoms with Gasteiger partial charge in [-0.2, -0.15) is 13.2 Å². The number of benzene rings is 3. The Hall–Kier alpha value is -3.94. The van der Waals surface area contributed by atoms with E-state index in [9.17, 15) is 18.0 Å². The van der Waals surface area contributed by atoms with Crippen molar-refractivity contribution in [2.45, 2.75) is 26.4 Å². The lowest BCUT2D eigenvalue weighted by atomic mass is 10.1. The lowest BCUT2D eigenvalue weighted by Gasteiger charge is -2.25. The molecule has 4 aromatic rings. The van der Waals surface area contributed by atoms with Crippen LogP contribution >= 0.6 is 0 Å². The van der Waals surface area contributed by atoms with E-state index in [0.29, 0.717) is 31.9 Å². The molecule has 5 rings (SSSR count). The van der Waals surface area contributed by atoms with E-state index in [1.165, 1.54) is 23.1 Å². The maximum atomic E-state index is 13.5. The van der Waals surface area contributed by atoms with Gasteiger partial charge in [0.25, 0.3) is 5.91 Å². The number of nitrogens with zero attached hydrogens (tertiary/aromatic N) is 4. The smallest absolute Gasteiger partial charge is 0.353 e. The minimum absolute atomic E-state index is 0.284. The highest BCUT2D eigenvalue weighted by atomic mass is 19.4. The molecule has 0 radical (unpaired) electrons. The maximum Gasteiger partial charge on any atom is 0.417 e. The monoisotopic (exact) mass is 504 g/mol. The Labute approximate surface area is 213 Å². The molecule has 0 atom stereocenters. The molecule has 0 saturated carbocycles. The number of anilines is 1. The molecule has 3 aromatic carbocycles. The fourth-order valence-electron chi connectivity index (χ4n) is 4.73. The maximum absolute atomic E-state index is 13.5. The number of aromatic nitrogens is 2. The van der Waals surface area contributed by atoms with E-state index in [4.69, 9.17) is 9.97 Å². The quantitative estimate of drug-likeness (QED) is 0.329. The second-order valence-corrected chi connectivity index (χ2v) is 9.36. The van der Waals surface area contributed by atoms with Crippen LogP contribution in [0.25, 0.3) is 22.3 Å². The first-order valence-corrected chi connectivity index (χ1v) is 12.3. The Morgan fingerprint density at radius 3 is 2.16 bits per heavy atom. The largest absolute Gasteiger partial charge is 0.417 e. The lowest BCUT2D eigenvalue weighted by molar-refractivity contribution is -0.138. The van der Waals surface area contributed by atoms with Crippen molar-refractivity contribution in [3.8, 4) is 11.3 Å². The highest BCUT2D eigenvalue weighted by molar-refractivity contribution is 5.96. The topological polar surface area (TPSA) is 49.3 Å². The van der Waals surface area contributed by atoms with Gasteiger partial charge in [0.15, 0.2) is 5.82 Å². The molecule has 1 aromatic heterocycles. The number of halogens is 3. The summed E-state index contributed by atoms with van der Waals surface area (Å²) in [6.45, 7) is 5.77. The van der Waals surface area contributed by atoms with Gasteiger partial charge in [0.05, 0.1) is 22.2 Å². The van der Waals surface area contributed by atoms with E-state index in [2.05, 4.69) is 4.90 Å². The van der Waals surface area contributed by atoms with Crippen molar-refractivity contribution >= 4 is 22.8 Å². The molecule has 2 heterocycles. The molecular formula is C29H27F3N4O. The van der Waals surface area contributed by atoms with Crippen LogP contribution in [0.2, 0.25) is 0 Å². The molecule has 0 N–H and O–H groups in total. The van der Waals surface area contributed by atoms with E-state index in [1.54, 1.807) is 0 Å². The molecule has 37 heavy (non-hydrogen) atoms. The van der Waals surface area contributed by atoms with Crippen LogP contribution in [-0.4, -0.2) is 47.0 Å². The van der Waals surface area contributed by atoms with Crippen molar-refractivity contribution in [2.24, 2.45) is 0 Å². The summed E-state index contributed by atoms with van der Waals surface area (Å²) in [6, 6.07) is 18.9. The summed E-state index contributed by atoms with van der Waals surface area (Å²) >= 11 is 0. The third-order valence-corrected chi connectivity index (χ3v) is 6.85. The molecule has 1 saturated heterocycles. The SMILES string of the molecule is Cc1cc2nc(-c3ccccc3)c(N3CCCN(C(=O)c4ccccc4C(F)(F)F)CC3)nc2cc1C. The van der Waals surface area contributed by atoms with Gasteiger partial charge < -0.3 is 9.80 Å². The number of aryl methyl sites for hydroxylation is 2. The van der Waals surface area contributed by atoms with E-state index < -0.39 is 17.6 Å². The third kappa shape index (κ3) is 5.01. The molecule has 1 amide bonds. The Morgan fingerprint density at radius 1 is 0.811 bits per heavy atom. The average molecular weight is 505 g/mol. The van der Waals surface area contributed by atoms with Crippen LogP contribution in [0.4, 0.5) is 19.0 Å². The van der Waals surface area contributed by atoms with Gasteiger partial charge in [0.2, 0.25) is 0 Å². The van der Waals surface area contributed by atoms with Crippen molar-refractivity contribution in [1.82, 2.24) is 14.9 Å². The van der Waals surface area contributed by atoms with E-state index in [0.717, 1.165) is 39.5 Å². The van der Waals surface area contributed by atoms with Crippen molar-refractivity contribution in [1.29, 1.82) is 0 Å². The summed E-state index contributed by atoms with van der Waals surface area (Å²) < 4.78 is 40.6. The molecule has 1 fully saturated rings. The van der Waals surface area contributed by atoms with Crippen LogP contribution in [0.3, 0.4) is 0 Å². The molecule has 190 valence electrons. The normalized spacial score (nSPS) is 14.6. The standard InChI is InChI=1S/C29H27F3N4O/c1-19-17-24-25(18-20(19)2)34-27(26(33-24)21-9-4-3-5-10-21)35-13-8-14-36(16-15-35)28(37)22-11-6-7-12-23(22)29(30,31)32/h3-7,9-12,17-18H,8,13-16H2,1-2H3. The van der Waals surface area contributed by atoms with Crippen LogP contribution in [-0.2, 0) is 6.18 Å². The Balaban J connectivity index is 1.48. The lowest BCUT2D eigenvalue weighted by Crippen LogP contribution is -2.36. The number of amides is 1. The van der Waals surface area contributed by atoms with Crippen molar-refractivity contribution in [3.63, 3.8) is 0 Å². The second kappa shape index (κ2) is 9.84. The first-order valence-electron chi connectivity index (χ1n) is 12.3. The summed E-state index contributed by atoms with van der Waals surface area (Å²) in [5, 5.41) is 0. The van der Waals surface area contributed by atoms with Gasteiger partial charge in [-0.3, -0.25) is 4.79 Å². The highest BCUT2D eigenvalue weighted by Gasteiger charge is 2.36. The Bertz CT molecular complexity index is 1450. The van der Waals surface area contributed by atoms with E-state index in [1.807, 2.05) is 56.3 Å². The third-order valence-electron chi connectivity index (χ3n) is 6.85. The minimum Gasteiger partial charge on any atom is -0.353 e. The van der Waals surface area contributed by atoms with Gasteiger partial charge >= 0.3 is 6.18 Å². The number of hydrogen-bond acceptors (Lipinski definition) is 4. The fourth-order valence-corrected chi connectivity index (χ4v) is 4.73. The van der Waals surface area contributed by atoms with Gasteiger partial charge in [0.1, 0.15) is 5.69 Å². The molecule has 1 aliphatic rings. The summed E-state index contributed by atoms with van der Waals surface area (Å²) in [6.07, 6.45) is -3.99. The zero-order valence-electron chi connectivity index (χ0n) is 20.7. The highest BCUT2D eigenvalue weighted by Crippen LogP contribution is 2.34. The van der Waals surface area contributed by atoms with E-state index >= 15 is 0 Å². The molecule has 0 unspecified atom stereocenters. The van der Waals surface area contributed by atoms with Gasteiger partial charge in [-0.15, -0.1) is 0 Å². The number of carbonyl (C=O) groups excluding carboxylic acids is 1. The minimum atomic E-state index is -4.59. The molecule has 0 spiro atoms. The van der Waals surface area contributed by atoms with Crippen LogP contribution in [0.15, 0.2) is 66.7 Å². The number of hydrogen-bond donors (Lipinski definition) is 0. The molecule has 0 aliphatic carbocycles.